The Morgan fingerprint density at radius 2 is 1.83 bits per heavy atom. The fraction of sp³-hybridized carbons (Fsp3) is 0.923. The van der Waals surface area contributed by atoms with E-state index in [1.54, 1.807) is 6.92 Å². The normalized spacial score (nSPS) is 12.4. The van der Waals surface area contributed by atoms with Crippen LogP contribution in [0.15, 0.2) is 0 Å². The molecule has 1 unspecified atom stereocenters. The molecule has 0 aromatic heterocycles. The van der Waals surface area contributed by atoms with Crippen LogP contribution in [0.5, 0.6) is 0 Å². The molecule has 0 aromatic rings. The first-order valence-corrected chi connectivity index (χ1v) is 6.66. The maximum absolute atomic E-state index is 11.1. The standard InChI is InChI=1S/C13H26O5/c1-3-4-5-6-7-16-8-9-17-11-13(15)18-10-12(2)14/h12,14H,3-11H2,1-2H3. The summed E-state index contributed by atoms with van der Waals surface area (Å²) >= 11 is 0. The Labute approximate surface area is 109 Å². The molecule has 1 atom stereocenters. The summed E-state index contributed by atoms with van der Waals surface area (Å²) in [6.45, 7) is 5.27. The Hall–Kier alpha value is -0.650. The molecule has 0 heterocycles. The van der Waals surface area contributed by atoms with Crippen LogP contribution in [0.25, 0.3) is 0 Å². The average molecular weight is 262 g/mol. The van der Waals surface area contributed by atoms with Gasteiger partial charge in [0, 0.05) is 6.61 Å². The number of unbranched alkanes of at least 4 members (excludes halogenated alkanes) is 3. The van der Waals surface area contributed by atoms with E-state index in [0.717, 1.165) is 13.0 Å². The van der Waals surface area contributed by atoms with Gasteiger partial charge in [-0.25, -0.2) is 4.79 Å². The molecule has 108 valence electrons. The molecular formula is C13H26O5. The number of rotatable bonds is 12. The van der Waals surface area contributed by atoms with Crippen LogP contribution in [0.1, 0.15) is 39.5 Å². The number of carbonyl (C=O) groups is 1. The lowest BCUT2D eigenvalue weighted by Gasteiger charge is -2.07. The molecule has 0 bridgehead atoms. The highest BCUT2D eigenvalue weighted by Gasteiger charge is 2.04. The van der Waals surface area contributed by atoms with E-state index >= 15 is 0 Å². The molecule has 0 saturated carbocycles. The first-order valence-electron chi connectivity index (χ1n) is 6.66. The molecule has 0 amide bonds. The van der Waals surface area contributed by atoms with Crippen LogP contribution in [0, 0.1) is 0 Å². The third-order valence-electron chi connectivity index (χ3n) is 2.22. The largest absolute Gasteiger partial charge is 0.461 e. The summed E-state index contributed by atoms with van der Waals surface area (Å²) in [7, 11) is 0. The van der Waals surface area contributed by atoms with Crippen molar-refractivity contribution in [2.45, 2.75) is 45.6 Å². The van der Waals surface area contributed by atoms with Crippen molar-refractivity contribution in [3.63, 3.8) is 0 Å². The zero-order valence-corrected chi connectivity index (χ0v) is 11.5. The minimum Gasteiger partial charge on any atom is -0.461 e. The van der Waals surface area contributed by atoms with Gasteiger partial charge in [-0.3, -0.25) is 0 Å². The van der Waals surface area contributed by atoms with Gasteiger partial charge in [0.1, 0.15) is 13.2 Å². The molecule has 0 spiro atoms. The minimum absolute atomic E-state index is 0.0100. The van der Waals surface area contributed by atoms with Crippen LogP contribution in [-0.4, -0.2) is 50.2 Å². The van der Waals surface area contributed by atoms with Gasteiger partial charge in [0.25, 0.3) is 0 Å². The third kappa shape index (κ3) is 13.4. The number of hydrogen-bond acceptors (Lipinski definition) is 5. The zero-order valence-electron chi connectivity index (χ0n) is 11.5. The zero-order chi connectivity index (χ0) is 13.6. The van der Waals surface area contributed by atoms with E-state index in [1.165, 1.54) is 19.3 Å². The highest BCUT2D eigenvalue weighted by atomic mass is 16.6. The number of hydrogen-bond donors (Lipinski definition) is 1. The summed E-state index contributed by atoms with van der Waals surface area (Å²) in [5, 5.41) is 8.89. The summed E-state index contributed by atoms with van der Waals surface area (Å²) < 4.78 is 15.1. The second-order valence-corrected chi connectivity index (χ2v) is 4.26. The first kappa shape index (κ1) is 17.4. The van der Waals surface area contributed by atoms with Crippen LogP contribution >= 0.6 is 0 Å². The lowest BCUT2D eigenvalue weighted by molar-refractivity contribution is -0.152. The maximum atomic E-state index is 11.1. The smallest absolute Gasteiger partial charge is 0.332 e. The number of aliphatic hydroxyl groups is 1. The second kappa shape index (κ2) is 12.8. The lowest BCUT2D eigenvalue weighted by Crippen LogP contribution is -2.20. The SMILES string of the molecule is CCCCCCOCCOCC(=O)OCC(C)O. The van der Waals surface area contributed by atoms with Crippen LogP contribution < -0.4 is 0 Å². The Morgan fingerprint density at radius 1 is 1.11 bits per heavy atom. The van der Waals surface area contributed by atoms with Gasteiger partial charge in [0.05, 0.1) is 19.3 Å². The van der Waals surface area contributed by atoms with Crippen molar-refractivity contribution in [2.24, 2.45) is 0 Å². The maximum Gasteiger partial charge on any atom is 0.332 e. The van der Waals surface area contributed by atoms with Gasteiger partial charge < -0.3 is 19.3 Å². The van der Waals surface area contributed by atoms with Crippen LogP contribution in [0.4, 0.5) is 0 Å². The first-order chi connectivity index (χ1) is 8.66. The summed E-state index contributed by atoms with van der Waals surface area (Å²) in [5.41, 5.74) is 0. The van der Waals surface area contributed by atoms with E-state index < -0.39 is 12.1 Å². The topological polar surface area (TPSA) is 65.0 Å². The van der Waals surface area contributed by atoms with Gasteiger partial charge in [0.2, 0.25) is 0 Å². The fourth-order valence-electron chi connectivity index (χ4n) is 1.26. The molecule has 1 N–H and O–H groups in total. The second-order valence-electron chi connectivity index (χ2n) is 4.26. The summed E-state index contributed by atoms with van der Waals surface area (Å²) in [5.74, 6) is -0.459. The van der Waals surface area contributed by atoms with Gasteiger partial charge in [-0.15, -0.1) is 0 Å². The van der Waals surface area contributed by atoms with Crippen molar-refractivity contribution in [2.75, 3.05) is 33.0 Å². The Bertz CT molecular complexity index is 194. The monoisotopic (exact) mass is 262 g/mol. The Kier molecular flexibility index (Phi) is 12.3. The van der Waals surface area contributed by atoms with Crippen molar-refractivity contribution in [1.82, 2.24) is 0 Å². The molecular weight excluding hydrogens is 236 g/mol. The van der Waals surface area contributed by atoms with E-state index in [0.29, 0.717) is 13.2 Å². The molecule has 5 nitrogen and oxygen atoms in total. The number of esters is 1. The van der Waals surface area contributed by atoms with E-state index in [2.05, 4.69) is 6.92 Å². The number of carbonyl (C=O) groups excluding carboxylic acids is 1. The van der Waals surface area contributed by atoms with Crippen molar-refractivity contribution in [3.05, 3.63) is 0 Å². The molecule has 0 aliphatic heterocycles. The third-order valence-corrected chi connectivity index (χ3v) is 2.22. The Balaban J connectivity index is 3.12. The van der Waals surface area contributed by atoms with Gasteiger partial charge in [0.15, 0.2) is 0 Å². The van der Waals surface area contributed by atoms with E-state index in [1.807, 2.05) is 0 Å². The van der Waals surface area contributed by atoms with Gasteiger partial charge in [-0.1, -0.05) is 26.2 Å². The molecule has 0 aromatic carbocycles. The highest BCUT2D eigenvalue weighted by Crippen LogP contribution is 1.98. The van der Waals surface area contributed by atoms with Gasteiger partial charge in [-0.2, -0.15) is 0 Å². The summed E-state index contributed by atoms with van der Waals surface area (Å²) in [4.78, 5) is 11.1. The van der Waals surface area contributed by atoms with E-state index in [-0.39, 0.29) is 13.2 Å². The minimum atomic E-state index is -0.639. The van der Waals surface area contributed by atoms with Crippen LogP contribution in [0.3, 0.4) is 0 Å². The van der Waals surface area contributed by atoms with Crippen LogP contribution in [0.2, 0.25) is 0 Å². The van der Waals surface area contributed by atoms with Crippen molar-refractivity contribution in [3.8, 4) is 0 Å². The molecule has 0 aliphatic carbocycles. The molecule has 0 radical (unpaired) electrons. The van der Waals surface area contributed by atoms with Crippen molar-refractivity contribution >= 4 is 5.97 Å². The predicted molar refractivity (Wildman–Crippen MR) is 68.4 cm³/mol. The van der Waals surface area contributed by atoms with Gasteiger partial charge in [-0.05, 0) is 13.3 Å². The van der Waals surface area contributed by atoms with E-state index in [9.17, 15) is 4.79 Å². The molecule has 18 heavy (non-hydrogen) atoms. The van der Waals surface area contributed by atoms with Gasteiger partial charge >= 0.3 is 5.97 Å². The van der Waals surface area contributed by atoms with E-state index in [4.69, 9.17) is 19.3 Å². The lowest BCUT2D eigenvalue weighted by atomic mass is 10.2. The van der Waals surface area contributed by atoms with Crippen molar-refractivity contribution < 1.29 is 24.1 Å². The molecule has 0 fully saturated rings. The average Bonchev–Trinajstić information content (AvgIpc) is 2.34. The van der Waals surface area contributed by atoms with Crippen LogP contribution in [-0.2, 0) is 19.0 Å². The molecule has 5 heteroatoms. The summed E-state index contributed by atoms with van der Waals surface area (Å²) in [6.07, 6.45) is 4.10. The highest BCUT2D eigenvalue weighted by molar-refractivity contribution is 5.70. The number of ether oxygens (including phenoxy) is 3. The number of aliphatic hydroxyl groups excluding tert-OH is 1. The quantitative estimate of drug-likeness (QED) is 0.427. The summed E-state index contributed by atoms with van der Waals surface area (Å²) in [6, 6.07) is 0. The fourth-order valence-corrected chi connectivity index (χ4v) is 1.26. The predicted octanol–water partition coefficient (Wildman–Crippen LogP) is 1.52. The van der Waals surface area contributed by atoms with Crippen molar-refractivity contribution in [1.29, 1.82) is 0 Å². The molecule has 0 saturated heterocycles. The molecule has 0 rings (SSSR count). The molecule has 0 aliphatic rings. The Morgan fingerprint density at radius 3 is 2.50 bits per heavy atom.